The van der Waals surface area contributed by atoms with E-state index in [4.69, 9.17) is 0 Å². The van der Waals surface area contributed by atoms with Crippen LogP contribution in [0.3, 0.4) is 0 Å². The van der Waals surface area contributed by atoms with E-state index in [0.29, 0.717) is 0 Å². The summed E-state index contributed by atoms with van der Waals surface area (Å²) in [7, 11) is 0. The van der Waals surface area contributed by atoms with Crippen LogP contribution in [0.25, 0.3) is 21.9 Å². The standard InChI is InChI=1S/C16H13.CH3Cl.Zr/c1-12-10-14-8-5-9-15(16(14)11-12)13-6-3-2-4-7-13;1-2;/h2-11H,1H3;1H3;/q-1;;+2. The van der Waals surface area contributed by atoms with Crippen molar-refractivity contribution in [1.29, 1.82) is 0 Å². The second-order valence-electron chi connectivity index (χ2n) is 4.21. The maximum absolute atomic E-state index is 4.64. The average Bonchev–Trinajstić information content (AvgIpc) is 2.82. The maximum Gasteiger partial charge on any atom is 2.00 e. The topological polar surface area (TPSA) is 0 Å². The molecular weight excluding hydrogens is 331 g/mol. The van der Waals surface area contributed by atoms with Crippen molar-refractivity contribution in [2.24, 2.45) is 0 Å². The summed E-state index contributed by atoms with van der Waals surface area (Å²) in [6, 6.07) is 21.6. The van der Waals surface area contributed by atoms with Crippen LogP contribution in [0.4, 0.5) is 0 Å². The molecule has 0 radical (unpaired) electrons. The SMILES string of the molecule is CCl.Cc1cc2c(-c3ccccc3)cccc2[cH-]1.[Zr+2]. The van der Waals surface area contributed by atoms with Gasteiger partial charge in [-0.3, -0.25) is 0 Å². The monoisotopic (exact) mass is 345 g/mol. The number of rotatable bonds is 1. The predicted molar refractivity (Wildman–Crippen MR) is 81.5 cm³/mol. The van der Waals surface area contributed by atoms with E-state index in [1.165, 1.54) is 33.8 Å². The van der Waals surface area contributed by atoms with Gasteiger partial charge in [0.2, 0.25) is 0 Å². The zero-order valence-electron chi connectivity index (χ0n) is 11.2. The molecule has 0 saturated carbocycles. The first-order valence-corrected chi connectivity index (χ1v) is 6.69. The van der Waals surface area contributed by atoms with Crippen LogP contribution in [0.5, 0.6) is 0 Å². The third-order valence-corrected chi connectivity index (χ3v) is 2.98. The second kappa shape index (κ2) is 7.73. The van der Waals surface area contributed by atoms with Crippen molar-refractivity contribution >= 4 is 22.4 Å². The quantitative estimate of drug-likeness (QED) is 0.409. The largest absolute Gasteiger partial charge is 2.00 e. The van der Waals surface area contributed by atoms with E-state index in [-0.39, 0.29) is 26.2 Å². The van der Waals surface area contributed by atoms with Gasteiger partial charge in [0.25, 0.3) is 0 Å². The van der Waals surface area contributed by atoms with E-state index < -0.39 is 0 Å². The summed E-state index contributed by atoms with van der Waals surface area (Å²) >= 11 is 4.64. The molecule has 0 N–H and O–H groups in total. The Kier molecular flexibility index (Phi) is 6.62. The number of alkyl halides is 1. The Hall–Kier alpha value is -0.777. The zero-order chi connectivity index (χ0) is 13.0. The van der Waals surface area contributed by atoms with Gasteiger partial charge in [0.05, 0.1) is 0 Å². The van der Waals surface area contributed by atoms with E-state index in [1.807, 2.05) is 0 Å². The average molecular weight is 347 g/mol. The Morgan fingerprint density at radius 1 is 0.895 bits per heavy atom. The first-order chi connectivity index (χ1) is 8.84. The number of hydrogen-bond acceptors (Lipinski definition) is 0. The molecule has 0 saturated heterocycles. The molecule has 0 bridgehead atoms. The molecule has 3 aromatic rings. The molecule has 2 heteroatoms. The van der Waals surface area contributed by atoms with Crippen molar-refractivity contribution in [2.45, 2.75) is 6.92 Å². The molecule has 0 unspecified atom stereocenters. The van der Waals surface area contributed by atoms with Crippen molar-refractivity contribution in [3.8, 4) is 11.1 Å². The van der Waals surface area contributed by atoms with Crippen molar-refractivity contribution in [3.63, 3.8) is 0 Å². The third-order valence-electron chi connectivity index (χ3n) is 2.98. The van der Waals surface area contributed by atoms with Gasteiger partial charge < -0.3 is 0 Å². The fourth-order valence-electron chi connectivity index (χ4n) is 2.25. The van der Waals surface area contributed by atoms with E-state index in [0.717, 1.165) is 0 Å². The van der Waals surface area contributed by atoms with Crippen LogP contribution in [0.2, 0.25) is 0 Å². The van der Waals surface area contributed by atoms with Crippen molar-refractivity contribution < 1.29 is 26.2 Å². The maximum atomic E-state index is 4.64. The second-order valence-corrected chi connectivity index (χ2v) is 4.21. The summed E-state index contributed by atoms with van der Waals surface area (Å²) in [6.07, 6.45) is 1.47. The van der Waals surface area contributed by atoms with Gasteiger partial charge in [-0.05, 0) is 5.56 Å². The molecule has 0 fully saturated rings. The van der Waals surface area contributed by atoms with Crippen molar-refractivity contribution in [1.82, 2.24) is 0 Å². The van der Waals surface area contributed by atoms with E-state index in [9.17, 15) is 0 Å². The van der Waals surface area contributed by atoms with Gasteiger partial charge in [-0.25, -0.2) is 0 Å². The fraction of sp³-hybridized carbons (Fsp3) is 0.118. The van der Waals surface area contributed by atoms with Crippen LogP contribution < -0.4 is 0 Å². The Labute approximate surface area is 138 Å². The smallest absolute Gasteiger partial charge is 0.165 e. The molecular formula is C17H16ClZr+. The normalized spacial score (nSPS) is 9.42. The molecule has 3 rings (SSSR count). The van der Waals surface area contributed by atoms with E-state index in [1.54, 1.807) is 0 Å². The summed E-state index contributed by atoms with van der Waals surface area (Å²) < 4.78 is 0. The zero-order valence-corrected chi connectivity index (χ0v) is 14.4. The number of aryl methyl sites for hydroxylation is 1. The van der Waals surface area contributed by atoms with Gasteiger partial charge in [0.15, 0.2) is 0 Å². The van der Waals surface area contributed by atoms with Crippen LogP contribution in [-0.2, 0) is 26.2 Å². The van der Waals surface area contributed by atoms with Crippen molar-refractivity contribution in [3.05, 3.63) is 66.2 Å². The van der Waals surface area contributed by atoms with E-state index >= 15 is 0 Å². The summed E-state index contributed by atoms with van der Waals surface area (Å²) in [5, 5.41) is 2.69. The van der Waals surface area contributed by atoms with Gasteiger partial charge in [0, 0.05) is 6.38 Å². The third kappa shape index (κ3) is 3.62. The molecule has 0 nitrogen and oxygen atoms in total. The van der Waals surface area contributed by atoms with Gasteiger partial charge in [-0.15, -0.1) is 46.1 Å². The van der Waals surface area contributed by atoms with Crippen LogP contribution in [0.15, 0.2) is 60.7 Å². The van der Waals surface area contributed by atoms with Crippen LogP contribution in [0.1, 0.15) is 5.56 Å². The van der Waals surface area contributed by atoms with Gasteiger partial charge in [0.1, 0.15) is 0 Å². The molecule has 0 heterocycles. The summed E-state index contributed by atoms with van der Waals surface area (Å²) in [5.41, 5.74) is 3.95. The molecule has 0 atom stereocenters. The minimum Gasteiger partial charge on any atom is -0.165 e. The summed E-state index contributed by atoms with van der Waals surface area (Å²) in [4.78, 5) is 0. The predicted octanol–water partition coefficient (Wildman–Crippen LogP) is 5.39. The Morgan fingerprint density at radius 3 is 2.26 bits per heavy atom. The minimum atomic E-state index is 0. The first kappa shape index (κ1) is 16.3. The Balaban J connectivity index is 0.000000576. The molecule has 0 amide bonds. The Bertz CT molecular complexity index is 626. The van der Waals surface area contributed by atoms with Gasteiger partial charge in [-0.1, -0.05) is 48.9 Å². The minimum absolute atomic E-state index is 0. The van der Waals surface area contributed by atoms with Crippen molar-refractivity contribution in [2.75, 3.05) is 6.38 Å². The summed E-state index contributed by atoms with van der Waals surface area (Å²) in [6.45, 7) is 2.15. The molecule has 0 spiro atoms. The molecule has 19 heavy (non-hydrogen) atoms. The molecule has 0 aliphatic carbocycles. The Morgan fingerprint density at radius 2 is 1.58 bits per heavy atom. The molecule has 0 aliphatic heterocycles. The first-order valence-electron chi connectivity index (χ1n) is 5.94. The fourth-order valence-corrected chi connectivity index (χ4v) is 2.25. The van der Waals surface area contributed by atoms with Crippen LogP contribution in [0, 0.1) is 6.92 Å². The molecule has 94 valence electrons. The number of fused-ring (bicyclic) bond motifs is 1. The number of benzene rings is 2. The number of hydrogen-bond donors (Lipinski definition) is 0. The van der Waals surface area contributed by atoms with Crippen LogP contribution in [-0.4, -0.2) is 6.38 Å². The number of halogens is 1. The molecule has 0 aliphatic rings. The van der Waals surface area contributed by atoms with Gasteiger partial charge >= 0.3 is 26.2 Å². The van der Waals surface area contributed by atoms with Crippen LogP contribution >= 0.6 is 11.6 Å². The molecule has 0 aromatic heterocycles. The van der Waals surface area contributed by atoms with E-state index in [2.05, 4.69) is 79.2 Å². The van der Waals surface area contributed by atoms with Gasteiger partial charge in [-0.2, -0.15) is 6.07 Å². The molecule has 3 aromatic carbocycles. The summed E-state index contributed by atoms with van der Waals surface area (Å²) in [5.74, 6) is 0.